The van der Waals surface area contributed by atoms with Gasteiger partial charge in [-0.15, -0.1) is 16.7 Å². The van der Waals surface area contributed by atoms with E-state index in [-0.39, 0.29) is 25.2 Å². The maximum absolute atomic E-state index is 10.4. The molecule has 35 heavy (non-hydrogen) atoms. The van der Waals surface area contributed by atoms with E-state index in [1.165, 1.54) is 5.56 Å². The Morgan fingerprint density at radius 3 is 2.40 bits per heavy atom. The number of rotatable bonds is 12. The predicted octanol–water partition coefficient (Wildman–Crippen LogP) is 5.00. The lowest BCUT2D eigenvalue weighted by atomic mass is 9.78. The fourth-order valence-electron chi connectivity index (χ4n) is 3.41. The van der Waals surface area contributed by atoms with Crippen molar-refractivity contribution in [2.45, 2.75) is 45.4 Å². The van der Waals surface area contributed by atoms with Gasteiger partial charge in [-0.25, -0.2) is 4.68 Å². The number of alkyl halides is 1. The normalized spacial score (nSPS) is 13.5. The minimum atomic E-state index is -0.767. The minimum absolute atomic E-state index is 0.118. The highest BCUT2D eigenvalue weighted by atomic mass is 127. The van der Waals surface area contributed by atoms with E-state index in [4.69, 9.17) is 21.1 Å². The molecule has 7 nitrogen and oxygen atoms in total. The van der Waals surface area contributed by atoms with Crippen LogP contribution in [-0.2, 0) is 18.6 Å². The second kappa shape index (κ2) is 12.9. The van der Waals surface area contributed by atoms with Crippen LogP contribution < -0.4 is 9.47 Å². The molecule has 0 radical (unpaired) electrons. The summed E-state index contributed by atoms with van der Waals surface area (Å²) in [6.45, 7) is 7.21. The van der Waals surface area contributed by atoms with Crippen molar-refractivity contribution < 1.29 is 19.7 Å². The third kappa shape index (κ3) is 7.43. The molecule has 0 spiro atoms. The summed E-state index contributed by atoms with van der Waals surface area (Å²) in [6, 6.07) is 14.3. The highest BCUT2D eigenvalue weighted by Crippen LogP contribution is 2.35. The Morgan fingerprint density at radius 2 is 1.80 bits per heavy atom. The molecule has 0 bridgehead atoms. The molecule has 0 aliphatic carbocycles. The number of nitrogens with zero attached hydrogens (tertiary/aromatic N) is 3. The van der Waals surface area contributed by atoms with E-state index in [9.17, 15) is 10.2 Å². The van der Waals surface area contributed by atoms with Crippen molar-refractivity contribution in [2.75, 3.05) is 19.1 Å². The summed E-state index contributed by atoms with van der Waals surface area (Å²) < 4.78 is 14.9. The van der Waals surface area contributed by atoms with Crippen LogP contribution in [0, 0.1) is 13.2 Å². The van der Waals surface area contributed by atoms with E-state index in [0.29, 0.717) is 33.5 Å². The summed E-state index contributed by atoms with van der Waals surface area (Å²) in [4.78, 5) is 0. The van der Waals surface area contributed by atoms with Crippen LogP contribution in [0.15, 0.2) is 42.5 Å². The van der Waals surface area contributed by atoms with E-state index in [2.05, 4.69) is 101 Å². The Hall–Kier alpha value is -1.15. The minimum Gasteiger partial charge on any atom is -0.493 e. The Bertz CT molecular complexity index is 1110. The Labute approximate surface area is 238 Å². The Balaban J connectivity index is 1.62. The van der Waals surface area contributed by atoms with Crippen molar-refractivity contribution in [3.8, 4) is 11.5 Å². The molecule has 1 aromatic heterocycles. The summed E-state index contributed by atoms with van der Waals surface area (Å²) in [5, 5.41) is 27.5. The van der Waals surface area contributed by atoms with Crippen LogP contribution in [0.3, 0.4) is 0 Å². The Morgan fingerprint density at radius 1 is 1.11 bits per heavy atom. The van der Waals surface area contributed by atoms with Gasteiger partial charge in [-0.05, 0) is 80.6 Å². The monoisotopic (exact) mass is 721 g/mol. The van der Waals surface area contributed by atoms with E-state index in [1.807, 2.05) is 18.2 Å². The molecule has 2 N–H and O–H groups in total. The molecule has 0 fully saturated rings. The van der Waals surface area contributed by atoms with Crippen LogP contribution in [0.25, 0.3) is 0 Å². The van der Waals surface area contributed by atoms with Crippen molar-refractivity contribution >= 4 is 56.8 Å². The number of halogens is 3. The van der Waals surface area contributed by atoms with Gasteiger partial charge in [0.05, 0.1) is 23.3 Å². The van der Waals surface area contributed by atoms with Gasteiger partial charge in [0, 0.05) is 17.2 Å². The van der Waals surface area contributed by atoms with E-state index < -0.39 is 6.10 Å². The summed E-state index contributed by atoms with van der Waals surface area (Å²) in [7, 11) is 0. The van der Waals surface area contributed by atoms with E-state index >= 15 is 0 Å². The van der Waals surface area contributed by atoms with Crippen molar-refractivity contribution in [2.24, 2.45) is 5.92 Å². The first kappa shape index (κ1) is 28.4. The largest absolute Gasteiger partial charge is 0.493 e. The first-order valence-corrected chi connectivity index (χ1v) is 13.9. The van der Waals surface area contributed by atoms with Crippen molar-refractivity contribution in [1.82, 2.24) is 15.0 Å². The highest BCUT2D eigenvalue weighted by molar-refractivity contribution is 14.1. The van der Waals surface area contributed by atoms with Crippen LogP contribution in [0.1, 0.15) is 37.6 Å². The molecule has 190 valence electrons. The molecule has 0 amide bonds. The molecular weight excluding hydrogens is 692 g/mol. The van der Waals surface area contributed by atoms with Gasteiger partial charge in [0.1, 0.15) is 33.6 Å². The molecule has 10 heteroatoms. The average molecular weight is 722 g/mol. The number of aliphatic hydroxyl groups excluding tert-OH is 2. The molecule has 0 unspecified atom stereocenters. The molecule has 3 rings (SSSR count). The van der Waals surface area contributed by atoms with Gasteiger partial charge in [0.2, 0.25) is 0 Å². The summed E-state index contributed by atoms with van der Waals surface area (Å²) >= 11 is 10.2. The zero-order chi connectivity index (χ0) is 25.6. The van der Waals surface area contributed by atoms with Gasteiger partial charge in [-0.2, -0.15) is 0 Å². The second-order valence-corrected chi connectivity index (χ2v) is 11.5. The fraction of sp³-hybridized carbons (Fsp3) is 0.440. The first-order valence-electron chi connectivity index (χ1n) is 11.2. The van der Waals surface area contributed by atoms with Gasteiger partial charge < -0.3 is 19.7 Å². The lowest BCUT2D eigenvalue weighted by Gasteiger charge is -2.27. The lowest BCUT2D eigenvalue weighted by Crippen LogP contribution is -2.25. The van der Waals surface area contributed by atoms with Crippen LogP contribution in [-0.4, -0.2) is 50.4 Å². The SMILES string of the molecule is C[C@@H](CCl)COc1ccc(C(C)(C)c2ccc(OC[C@@H](O)Cn3nnc(CO)c3I)c([123I])c2)cc1. The number of hydrogen-bond acceptors (Lipinski definition) is 6. The number of benzene rings is 2. The average Bonchev–Trinajstić information content (AvgIpc) is 3.20. The van der Waals surface area contributed by atoms with E-state index in [0.717, 1.165) is 14.9 Å². The van der Waals surface area contributed by atoms with Crippen LogP contribution in [0.5, 0.6) is 11.5 Å². The maximum Gasteiger partial charge on any atom is 0.132 e. The smallest absolute Gasteiger partial charge is 0.132 e. The first-order chi connectivity index (χ1) is 16.6. The quantitative estimate of drug-likeness (QED) is 0.202. The van der Waals surface area contributed by atoms with Gasteiger partial charge in [0.25, 0.3) is 0 Å². The predicted molar refractivity (Wildman–Crippen MR) is 153 cm³/mol. The topological polar surface area (TPSA) is 89.6 Å². The Kier molecular flexibility index (Phi) is 10.5. The standard InChI is InChI=1S/C25H30ClI2N3O4/c1-16(11-26)14-34-20-7-4-17(5-8-20)25(2,3)18-6-9-23(21(27)10-18)35-15-19(33)12-31-24(28)22(13-32)29-30-31/h4-10,16,19,32-33H,11-15H2,1-3H3/t16-,19-/m0/s1/i27-4. The van der Waals surface area contributed by atoms with Gasteiger partial charge in [0.15, 0.2) is 0 Å². The number of hydrogen-bond donors (Lipinski definition) is 2. The zero-order valence-corrected chi connectivity index (χ0v) is 25.0. The number of ether oxygens (including phenoxy) is 2. The maximum atomic E-state index is 10.4. The van der Waals surface area contributed by atoms with Crippen molar-refractivity contribution in [3.05, 3.63) is 66.6 Å². The molecule has 3 aromatic rings. The lowest BCUT2D eigenvalue weighted by molar-refractivity contribution is 0.0877. The fourth-order valence-corrected chi connectivity index (χ4v) is 4.75. The molecular formula is C25H30ClI2N3O4. The molecule has 2 aromatic carbocycles. The zero-order valence-electron chi connectivity index (χ0n) is 19.9. The van der Waals surface area contributed by atoms with Crippen molar-refractivity contribution in [1.29, 1.82) is 0 Å². The summed E-state index contributed by atoms with van der Waals surface area (Å²) in [6.07, 6.45) is -0.767. The molecule has 0 aliphatic heterocycles. The van der Waals surface area contributed by atoms with Crippen molar-refractivity contribution in [3.63, 3.8) is 0 Å². The third-order valence-corrected chi connectivity index (χ3v) is 8.28. The van der Waals surface area contributed by atoms with Gasteiger partial charge >= 0.3 is 0 Å². The van der Waals surface area contributed by atoms with Gasteiger partial charge in [-0.1, -0.05) is 44.2 Å². The second-order valence-electron chi connectivity index (χ2n) is 9.00. The summed E-state index contributed by atoms with van der Waals surface area (Å²) in [5.41, 5.74) is 2.62. The third-order valence-electron chi connectivity index (χ3n) is 5.73. The molecule has 1 heterocycles. The van der Waals surface area contributed by atoms with E-state index in [1.54, 1.807) is 4.68 Å². The molecule has 0 saturated carbocycles. The van der Waals surface area contributed by atoms with Crippen LogP contribution in [0.4, 0.5) is 0 Å². The number of aliphatic hydroxyl groups is 2. The molecule has 2 atom stereocenters. The molecule has 0 aliphatic rings. The van der Waals surface area contributed by atoms with Crippen LogP contribution >= 0.6 is 56.8 Å². The summed E-state index contributed by atoms with van der Waals surface area (Å²) in [5.74, 6) is 2.44. The van der Waals surface area contributed by atoms with Gasteiger partial charge in [-0.3, -0.25) is 0 Å². The van der Waals surface area contributed by atoms with Crippen LogP contribution in [0.2, 0.25) is 0 Å². The highest BCUT2D eigenvalue weighted by Gasteiger charge is 2.24. The number of aromatic nitrogens is 3. The molecule has 0 saturated heterocycles.